The van der Waals surface area contributed by atoms with E-state index < -0.39 is 5.82 Å². The van der Waals surface area contributed by atoms with Gasteiger partial charge < -0.3 is 10.7 Å². The molecule has 0 aliphatic carbocycles. The summed E-state index contributed by atoms with van der Waals surface area (Å²) in [5.74, 6) is -0.800. The van der Waals surface area contributed by atoms with E-state index in [9.17, 15) is 9.18 Å². The van der Waals surface area contributed by atoms with Crippen LogP contribution < -0.4 is 5.73 Å². The normalized spacial score (nSPS) is 10.9. The zero-order chi connectivity index (χ0) is 14.3. The van der Waals surface area contributed by atoms with Crippen LogP contribution in [0.2, 0.25) is 0 Å². The summed E-state index contributed by atoms with van der Waals surface area (Å²) < 4.78 is 13.5. The predicted molar refractivity (Wildman–Crippen MR) is 77.3 cm³/mol. The highest BCUT2D eigenvalue weighted by atomic mass is 19.1. The summed E-state index contributed by atoms with van der Waals surface area (Å²) in [5, 5.41) is 0.831. The molecule has 0 aliphatic heterocycles. The van der Waals surface area contributed by atoms with Crippen LogP contribution in [-0.4, -0.2) is 10.8 Å². The molecule has 3 aromatic rings. The summed E-state index contributed by atoms with van der Waals surface area (Å²) in [4.78, 5) is 15.5. The van der Waals surface area contributed by atoms with Crippen LogP contribution in [0.5, 0.6) is 0 Å². The van der Waals surface area contributed by atoms with Crippen molar-refractivity contribution in [3.63, 3.8) is 0 Å². The number of benzene rings is 2. The van der Waals surface area contributed by atoms with Gasteiger partial charge >= 0.3 is 0 Å². The highest BCUT2D eigenvalue weighted by Crippen LogP contribution is 2.23. The van der Waals surface area contributed by atoms with Crippen molar-refractivity contribution >= 4 is 22.4 Å². The van der Waals surface area contributed by atoms with Crippen LogP contribution in [0.1, 0.15) is 21.5 Å². The van der Waals surface area contributed by atoms with Crippen LogP contribution in [-0.2, 0) is 0 Å². The number of aromatic nitrogens is 1. The Bertz CT molecular complexity index is 820. The number of carbonyl (C=O) groups is 1. The molecule has 3 rings (SSSR count). The molecule has 3 N–H and O–H groups in total. The third-order valence-corrected chi connectivity index (χ3v) is 3.34. The molecule has 0 unspecified atom stereocenters. The van der Waals surface area contributed by atoms with Gasteiger partial charge in [-0.25, -0.2) is 4.39 Å². The Morgan fingerprint density at radius 2 is 2.00 bits per heavy atom. The monoisotopic (exact) mass is 268 g/mol. The topological polar surface area (TPSA) is 58.9 Å². The summed E-state index contributed by atoms with van der Waals surface area (Å²) in [7, 11) is 0. The molecule has 0 bridgehead atoms. The first-order chi connectivity index (χ1) is 9.56. The number of nitrogens with one attached hydrogen (secondary N) is 1. The smallest absolute Gasteiger partial charge is 0.195 e. The molecule has 3 nitrogen and oxygen atoms in total. The number of anilines is 1. The predicted octanol–water partition coefficient (Wildman–Crippen LogP) is 3.43. The molecule has 1 aromatic heterocycles. The second-order valence-corrected chi connectivity index (χ2v) is 4.82. The first kappa shape index (κ1) is 12.4. The second-order valence-electron chi connectivity index (χ2n) is 4.82. The fraction of sp³-hybridized carbons (Fsp3) is 0.0625. The summed E-state index contributed by atoms with van der Waals surface area (Å²) in [6.45, 7) is 1.98. The first-order valence-corrected chi connectivity index (χ1v) is 6.24. The van der Waals surface area contributed by atoms with E-state index in [-0.39, 0.29) is 17.0 Å². The number of carbonyl (C=O) groups excluding carboxylic acids is 1. The molecule has 0 radical (unpaired) electrons. The van der Waals surface area contributed by atoms with Gasteiger partial charge in [0.25, 0.3) is 0 Å². The minimum atomic E-state index is -0.577. The lowest BCUT2D eigenvalue weighted by Crippen LogP contribution is -2.02. The number of rotatable bonds is 2. The van der Waals surface area contributed by atoms with Crippen molar-refractivity contribution in [2.45, 2.75) is 6.92 Å². The van der Waals surface area contributed by atoms with Crippen LogP contribution in [0.25, 0.3) is 10.9 Å². The molecule has 4 heteroatoms. The van der Waals surface area contributed by atoms with Crippen LogP contribution in [0.15, 0.2) is 42.6 Å². The zero-order valence-corrected chi connectivity index (χ0v) is 10.9. The van der Waals surface area contributed by atoms with Gasteiger partial charge in [0.2, 0.25) is 0 Å². The number of aryl methyl sites for hydroxylation is 1. The maximum atomic E-state index is 13.5. The number of aromatic amines is 1. The summed E-state index contributed by atoms with van der Waals surface area (Å²) in [5.41, 5.74) is 8.28. The van der Waals surface area contributed by atoms with Crippen LogP contribution in [0, 0.1) is 12.7 Å². The molecule has 0 fully saturated rings. The standard InChI is InChI=1S/C16H13FN2O/c1-9-2-4-11-12(8-19-15(11)6-9)16(20)10-3-5-14(18)13(17)7-10/h2-8,19H,18H2,1H3. The molecule has 2 aromatic carbocycles. The third-order valence-electron chi connectivity index (χ3n) is 3.34. The summed E-state index contributed by atoms with van der Waals surface area (Å²) >= 11 is 0. The van der Waals surface area contributed by atoms with Gasteiger partial charge in [0.1, 0.15) is 5.82 Å². The van der Waals surface area contributed by atoms with Crippen molar-refractivity contribution in [3.05, 3.63) is 65.1 Å². The molecule has 0 saturated carbocycles. The molecule has 0 atom stereocenters. The number of ketones is 1. The van der Waals surface area contributed by atoms with E-state index in [0.29, 0.717) is 5.56 Å². The van der Waals surface area contributed by atoms with Crippen LogP contribution in [0.3, 0.4) is 0 Å². The van der Waals surface area contributed by atoms with Crippen LogP contribution >= 0.6 is 0 Å². The highest BCUT2D eigenvalue weighted by molar-refractivity contribution is 6.16. The van der Waals surface area contributed by atoms with E-state index in [2.05, 4.69) is 4.98 Å². The van der Waals surface area contributed by atoms with E-state index in [4.69, 9.17) is 5.73 Å². The van der Waals surface area contributed by atoms with Gasteiger partial charge in [-0.1, -0.05) is 12.1 Å². The van der Waals surface area contributed by atoms with Gasteiger partial charge in [-0.15, -0.1) is 0 Å². The lowest BCUT2D eigenvalue weighted by molar-refractivity contribution is 0.104. The van der Waals surface area contributed by atoms with E-state index in [1.54, 1.807) is 6.20 Å². The van der Waals surface area contributed by atoms with Gasteiger partial charge in [-0.2, -0.15) is 0 Å². The highest BCUT2D eigenvalue weighted by Gasteiger charge is 2.15. The number of halogens is 1. The van der Waals surface area contributed by atoms with Crippen molar-refractivity contribution in [2.24, 2.45) is 0 Å². The minimum absolute atomic E-state index is 0.0381. The molecule has 20 heavy (non-hydrogen) atoms. The van der Waals surface area contributed by atoms with Crippen LogP contribution in [0.4, 0.5) is 10.1 Å². The molecule has 0 saturated heterocycles. The largest absolute Gasteiger partial charge is 0.396 e. The van der Waals surface area contributed by atoms with Gasteiger partial charge in [0.05, 0.1) is 5.69 Å². The fourth-order valence-corrected chi connectivity index (χ4v) is 2.25. The van der Waals surface area contributed by atoms with Crippen molar-refractivity contribution < 1.29 is 9.18 Å². The molecule has 0 spiro atoms. The van der Waals surface area contributed by atoms with Gasteiger partial charge in [0, 0.05) is 28.2 Å². The minimum Gasteiger partial charge on any atom is -0.396 e. The molecule has 0 aliphatic rings. The Balaban J connectivity index is 2.10. The number of hydrogen-bond acceptors (Lipinski definition) is 2. The number of nitrogens with two attached hydrogens (primary N) is 1. The fourth-order valence-electron chi connectivity index (χ4n) is 2.25. The van der Waals surface area contributed by atoms with Gasteiger partial charge in [-0.3, -0.25) is 4.79 Å². The molecule has 1 heterocycles. The number of nitrogen functional groups attached to an aromatic ring is 1. The Morgan fingerprint density at radius 1 is 1.20 bits per heavy atom. The second kappa shape index (κ2) is 4.49. The SMILES string of the molecule is Cc1ccc2c(C(=O)c3ccc(N)c(F)c3)c[nH]c2c1. The molecular formula is C16H13FN2O. The third kappa shape index (κ3) is 1.95. The number of fused-ring (bicyclic) bond motifs is 1. The molecular weight excluding hydrogens is 255 g/mol. The lowest BCUT2D eigenvalue weighted by atomic mass is 10.0. The quantitative estimate of drug-likeness (QED) is 0.552. The lowest BCUT2D eigenvalue weighted by Gasteiger charge is -2.02. The van der Waals surface area contributed by atoms with Crippen molar-refractivity contribution in [3.8, 4) is 0 Å². The first-order valence-electron chi connectivity index (χ1n) is 6.24. The van der Waals surface area contributed by atoms with Gasteiger partial charge in [-0.05, 0) is 36.8 Å². The zero-order valence-electron chi connectivity index (χ0n) is 10.9. The van der Waals surface area contributed by atoms with Crippen molar-refractivity contribution in [2.75, 3.05) is 5.73 Å². The Hall–Kier alpha value is -2.62. The maximum absolute atomic E-state index is 13.5. The average molecular weight is 268 g/mol. The molecule has 100 valence electrons. The Morgan fingerprint density at radius 3 is 2.75 bits per heavy atom. The average Bonchev–Trinajstić information content (AvgIpc) is 2.84. The van der Waals surface area contributed by atoms with E-state index in [1.165, 1.54) is 18.2 Å². The summed E-state index contributed by atoms with van der Waals surface area (Å²) in [6, 6.07) is 9.91. The molecule has 0 amide bonds. The van der Waals surface area contributed by atoms with Gasteiger partial charge in [0.15, 0.2) is 5.78 Å². The van der Waals surface area contributed by atoms with E-state index in [0.717, 1.165) is 16.5 Å². The van der Waals surface area contributed by atoms with E-state index in [1.807, 2.05) is 25.1 Å². The van der Waals surface area contributed by atoms with Crippen molar-refractivity contribution in [1.82, 2.24) is 4.98 Å². The van der Waals surface area contributed by atoms with Crippen molar-refractivity contribution in [1.29, 1.82) is 0 Å². The number of H-pyrrole nitrogens is 1. The van der Waals surface area contributed by atoms with E-state index >= 15 is 0 Å². The summed E-state index contributed by atoms with van der Waals surface area (Å²) in [6.07, 6.45) is 1.65. The number of hydrogen-bond donors (Lipinski definition) is 2. The Kier molecular flexibility index (Phi) is 2.79. The Labute approximate surface area is 115 Å². The maximum Gasteiger partial charge on any atom is 0.195 e.